The molecule has 12 nitrogen and oxygen atoms in total. The lowest BCUT2D eigenvalue weighted by Crippen LogP contribution is -2.52. The standard InChI is InChI=1S/C39H35FN6O6S/c1-21-35(25-5-9-30-24(18-25)12-14-45(30)37(50)23-3-4-23)44-39(53-21)43-34(48)17-22-2-8-29(40)32(16-22)52-15-13-41-27-6-7-28-26(19-27)20-46(38(28)51)31-10-11-33(47)42-36(31)49/h2,5-9,12,14,16,18-19,23,31,41H,3-4,10-11,13,15,17,20H2,1H3,(H,42,47,49)(H,43,44,48). The molecule has 4 amide bonds. The number of ether oxygens (including phenoxy) is 1. The second kappa shape index (κ2) is 13.9. The molecule has 0 spiro atoms. The summed E-state index contributed by atoms with van der Waals surface area (Å²) in [5.41, 5.74) is 5.09. The van der Waals surface area contributed by atoms with E-state index < -0.39 is 17.8 Å². The van der Waals surface area contributed by atoms with Gasteiger partial charge < -0.3 is 20.3 Å². The first-order valence-electron chi connectivity index (χ1n) is 17.5. The van der Waals surface area contributed by atoms with Crippen LogP contribution in [0.5, 0.6) is 5.75 Å². The van der Waals surface area contributed by atoms with Crippen molar-refractivity contribution in [1.82, 2.24) is 19.8 Å². The van der Waals surface area contributed by atoms with Gasteiger partial charge in [0.1, 0.15) is 12.6 Å². The first kappa shape index (κ1) is 34.2. The van der Waals surface area contributed by atoms with Crippen molar-refractivity contribution in [3.63, 3.8) is 0 Å². The molecule has 5 aromatic rings. The summed E-state index contributed by atoms with van der Waals surface area (Å²) < 4.78 is 22.1. The van der Waals surface area contributed by atoms with Crippen LogP contribution in [0.25, 0.3) is 22.2 Å². The SMILES string of the molecule is Cc1sc(NC(=O)Cc2ccc(F)c(OCCNc3ccc4c(c3)CN(C3CCC(=O)NC3=O)C4=O)c2)nc1-c1ccc2c(ccn2C(=O)C2CC2)c1. The van der Waals surface area contributed by atoms with E-state index in [0.29, 0.717) is 29.2 Å². The molecule has 3 aliphatic rings. The maximum atomic E-state index is 14.7. The second-order valence-corrected chi connectivity index (χ2v) is 14.7. The summed E-state index contributed by atoms with van der Waals surface area (Å²) in [6.45, 7) is 2.66. The smallest absolute Gasteiger partial charge is 0.255 e. The minimum atomic E-state index is -0.685. The third-order valence-electron chi connectivity index (χ3n) is 9.74. The molecule has 2 aliphatic heterocycles. The van der Waals surface area contributed by atoms with Gasteiger partial charge in [0.15, 0.2) is 16.7 Å². The Morgan fingerprint density at radius 1 is 1.04 bits per heavy atom. The molecule has 3 aromatic carbocycles. The van der Waals surface area contributed by atoms with Crippen LogP contribution in [0, 0.1) is 18.7 Å². The third-order valence-corrected chi connectivity index (χ3v) is 10.6. The van der Waals surface area contributed by atoms with Gasteiger partial charge in [-0.25, -0.2) is 9.37 Å². The molecule has 2 aromatic heterocycles. The molecular formula is C39H35FN6O6S. The van der Waals surface area contributed by atoms with E-state index in [4.69, 9.17) is 4.74 Å². The normalized spacial score (nSPS) is 16.8. The number of amides is 4. The van der Waals surface area contributed by atoms with Gasteiger partial charge in [-0.15, -0.1) is 11.3 Å². The number of halogens is 1. The van der Waals surface area contributed by atoms with Crippen LogP contribution in [0.4, 0.5) is 15.2 Å². The summed E-state index contributed by atoms with van der Waals surface area (Å²) in [5, 5.41) is 9.78. The Morgan fingerprint density at radius 2 is 1.89 bits per heavy atom. The van der Waals surface area contributed by atoms with E-state index in [1.807, 2.05) is 43.5 Å². The highest BCUT2D eigenvalue weighted by Gasteiger charge is 2.39. The van der Waals surface area contributed by atoms with Crippen LogP contribution < -0.4 is 20.7 Å². The van der Waals surface area contributed by atoms with Gasteiger partial charge >= 0.3 is 0 Å². The van der Waals surface area contributed by atoms with Gasteiger partial charge in [0.05, 0.1) is 17.6 Å². The quantitative estimate of drug-likeness (QED) is 0.116. The van der Waals surface area contributed by atoms with Crippen molar-refractivity contribution < 1.29 is 33.1 Å². The fraction of sp³-hybridized carbons (Fsp3) is 0.282. The maximum absolute atomic E-state index is 14.7. The van der Waals surface area contributed by atoms with Crippen LogP contribution in [0.3, 0.4) is 0 Å². The number of hydrogen-bond acceptors (Lipinski definition) is 9. The Morgan fingerprint density at radius 3 is 2.70 bits per heavy atom. The Kier molecular flexibility index (Phi) is 8.98. The summed E-state index contributed by atoms with van der Waals surface area (Å²) in [7, 11) is 0. The number of aromatic nitrogens is 2. The zero-order chi connectivity index (χ0) is 36.8. The fourth-order valence-corrected chi connectivity index (χ4v) is 7.74. The molecule has 1 aliphatic carbocycles. The van der Waals surface area contributed by atoms with Gasteiger partial charge in [-0.05, 0) is 85.8 Å². The molecule has 53 heavy (non-hydrogen) atoms. The van der Waals surface area contributed by atoms with Crippen molar-refractivity contribution in [2.75, 3.05) is 23.8 Å². The fourth-order valence-electron chi connectivity index (χ4n) is 6.88. The number of fused-ring (bicyclic) bond motifs is 2. The molecule has 1 saturated heterocycles. The van der Waals surface area contributed by atoms with Crippen LogP contribution in [0.15, 0.2) is 66.9 Å². The van der Waals surface area contributed by atoms with Gasteiger partial charge in [-0.1, -0.05) is 12.1 Å². The first-order chi connectivity index (χ1) is 25.6. The number of rotatable bonds is 11. The Labute approximate surface area is 307 Å². The van der Waals surface area contributed by atoms with Gasteiger partial charge in [0.2, 0.25) is 23.6 Å². The van der Waals surface area contributed by atoms with Crippen molar-refractivity contribution in [3.05, 3.63) is 94.2 Å². The van der Waals surface area contributed by atoms with Gasteiger partial charge in [-0.2, -0.15) is 0 Å². The van der Waals surface area contributed by atoms with Crippen LogP contribution in [0.2, 0.25) is 0 Å². The molecule has 0 radical (unpaired) electrons. The molecule has 2 fully saturated rings. The van der Waals surface area contributed by atoms with Crippen LogP contribution in [0.1, 0.15) is 56.8 Å². The van der Waals surface area contributed by atoms with E-state index in [1.165, 1.54) is 34.4 Å². The third kappa shape index (κ3) is 7.01. The minimum Gasteiger partial charge on any atom is -0.489 e. The number of hydrogen-bond donors (Lipinski definition) is 3. The average molecular weight is 735 g/mol. The molecule has 3 N–H and O–H groups in total. The number of piperidine rings is 1. The number of thiazole rings is 1. The molecule has 1 unspecified atom stereocenters. The number of nitrogens with one attached hydrogen (secondary N) is 3. The summed E-state index contributed by atoms with van der Waals surface area (Å²) >= 11 is 1.37. The number of nitrogens with zero attached hydrogens (tertiary/aromatic N) is 3. The summed E-state index contributed by atoms with van der Waals surface area (Å²) in [6.07, 6.45) is 4.17. The lowest BCUT2D eigenvalue weighted by Gasteiger charge is -2.29. The molecule has 14 heteroatoms. The summed E-state index contributed by atoms with van der Waals surface area (Å²) in [6, 6.07) is 16.7. The zero-order valence-corrected chi connectivity index (χ0v) is 29.6. The number of aryl methyl sites for hydroxylation is 1. The maximum Gasteiger partial charge on any atom is 0.255 e. The average Bonchev–Trinajstić information content (AvgIpc) is 3.69. The molecule has 270 valence electrons. The molecule has 1 saturated carbocycles. The van der Waals surface area contributed by atoms with Crippen molar-refractivity contribution in [2.45, 2.75) is 51.6 Å². The molecule has 0 bridgehead atoms. The Bertz CT molecular complexity index is 2330. The van der Waals surface area contributed by atoms with E-state index >= 15 is 0 Å². The predicted octanol–water partition coefficient (Wildman–Crippen LogP) is 5.70. The molecule has 8 rings (SSSR count). The monoisotopic (exact) mass is 734 g/mol. The number of carbonyl (C=O) groups excluding carboxylic acids is 5. The minimum absolute atomic E-state index is 0.0129. The van der Waals surface area contributed by atoms with Gasteiger partial charge in [0, 0.05) is 58.7 Å². The highest BCUT2D eigenvalue weighted by atomic mass is 32.1. The zero-order valence-electron chi connectivity index (χ0n) is 28.7. The first-order valence-corrected chi connectivity index (χ1v) is 18.3. The molecular weight excluding hydrogens is 700 g/mol. The van der Waals surface area contributed by atoms with Gasteiger partial charge in [-0.3, -0.25) is 33.9 Å². The number of anilines is 2. The Hall–Kier alpha value is -5.89. The van der Waals surface area contributed by atoms with Crippen LogP contribution in [-0.4, -0.2) is 63.2 Å². The van der Waals surface area contributed by atoms with E-state index in [0.717, 1.165) is 51.1 Å². The number of benzene rings is 3. The highest BCUT2D eigenvalue weighted by Crippen LogP contribution is 2.35. The molecule has 4 heterocycles. The number of carbonyl (C=O) groups is 5. The van der Waals surface area contributed by atoms with E-state index in [-0.39, 0.29) is 61.3 Å². The largest absolute Gasteiger partial charge is 0.489 e. The highest BCUT2D eigenvalue weighted by molar-refractivity contribution is 7.16. The van der Waals surface area contributed by atoms with Crippen molar-refractivity contribution in [1.29, 1.82) is 0 Å². The van der Waals surface area contributed by atoms with E-state index in [9.17, 15) is 28.4 Å². The van der Waals surface area contributed by atoms with E-state index in [1.54, 1.807) is 16.7 Å². The van der Waals surface area contributed by atoms with Gasteiger partial charge in [0.25, 0.3) is 5.91 Å². The summed E-state index contributed by atoms with van der Waals surface area (Å²) in [4.78, 5) is 69.6. The van der Waals surface area contributed by atoms with Crippen molar-refractivity contribution >= 4 is 62.6 Å². The van der Waals surface area contributed by atoms with E-state index in [2.05, 4.69) is 20.9 Å². The van der Waals surface area contributed by atoms with Crippen LogP contribution in [-0.2, 0) is 27.3 Å². The predicted molar refractivity (Wildman–Crippen MR) is 196 cm³/mol. The molecule has 1 atom stereocenters. The summed E-state index contributed by atoms with van der Waals surface area (Å²) in [5.74, 6) is -1.62. The van der Waals surface area contributed by atoms with Crippen molar-refractivity contribution in [3.8, 4) is 17.0 Å². The van der Waals surface area contributed by atoms with Crippen molar-refractivity contribution in [2.24, 2.45) is 5.92 Å². The second-order valence-electron chi connectivity index (χ2n) is 13.5. The lowest BCUT2D eigenvalue weighted by molar-refractivity contribution is -0.137. The lowest BCUT2D eigenvalue weighted by atomic mass is 10.0. The number of imide groups is 1. The Balaban J connectivity index is 0.841. The topological polar surface area (TPSA) is 152 Å². The van der Waals surface area contributed by atoms with Crippen LogP contribution >= 0.6 is 11.3 Å².